The van der Waals surface area contributed by atoms with E-state index in [2.05, 4.69) is 32.6 Å². The topological polar surface area (TPSA) is 104 Å². The van der Waals surface area contributed by atoms with Crippen LogP contribution in [0.25, 0.3) is 11.3 Å². The molecule has 0 radical (unpaired) electrons. The molecule has 1 aromatic carbocycles. The minimum atomic E-state index is -0.314. The molecule has 3 aromatic rings. The summed E-state index contributed by atoms with van der Waals surface area (Å²) in [5, 5.41) is 12.3. The Morgan fingerprint density at radius 2 is 2.20 bits per heavy atom. The third-order valence-corrected chi connectivity index (χ3v) is 5.64. The number of nitrogens with one attached hydrogen (secondary N) is 1. The number of hydrogen-bond acceptors (Lipinski definition) is 8. The highest BCUT2D eigenvalue weighted by atomic mass is 32.1. The van der Waals surface area contributed by atoms with Gasteiger partial charge in [-0.25, -0.2) is 4.98 Å². The van der Waals surface area contributed by atoms with Gasteiger partial charge in [0.2, 0.25) is 5.13 Å². The SMILES string of the molecule is CC(Cc1nsc(NC(=O)c2coc(-c3cccc(C#N)c3)c2)n1)N1CCOCC1. The fourth-order valence-electron chi connectivity index (χ4n) is 3.32. The van der Waals surface area contributed by atoms with Crippen molar-refractivity contribution in [1.29, 1.82) is 5.26 Å². The molecule has 1 N–H and O–H groups in total. The van der Waals surface area contributed by atoms with Crippen LogP contribution in [0.5, 0.6) is 0 Å². The van der Waals surface area contributed by atoms with Crippen molar-refractivity contribution >= 4 is 22.6 Å². The normalized spacial score (nSPS) is 15.5. The maximum Gasteiger partial charge on any atom is 0.260 e. The number of rotatable bonds is 6. The van der Waals surface area contributed by atoms with Crippen molar-refractivity contribution in [2.24, 2.45) is 0 Å². The number of anilines is 1. The second kappa shape index (κ2) is 9.17. The zero-order valence-corrected chi connectivity index (χ0v) is 17.3. The number of nitriles is 1. The largest absolute Gasteiger partial charge is 0.464 e. The van der Waals surface area contributed by atoms with E-state index in [4.69, 9.17) is 14.4 Å². The van der Waals surface area contributed by atoms with E-state index in [9.17, 15) is 4.79 Å². The molecule has 4 rings (SSSR count). The average molecular weight is 423 g/mol. The molecule has 1 fully saturated rings. The lowest BCUT2D eigenvalue weighted by Gasteiger charge is -2.31. The summed E-state index contributed by atoms with van der Waals surface area (Å²) >= 11 is 1.17. The highest BCUT2D eigenvalue weighted by molar-refractivity contribution is 7.09. The van der Waals surface area contributed by atoms with E-state index in [0.717, 1.165) is 44.1 Å². The first kappa shape index (κ1) is 20.2. The molecule has 30 heavy (non-hydrogen) atoms. The molecule has 3 heterocycles. The van der Waals surface area contributed by atoms with Crippen LogP contribution in [0.4, 0.5) is 5.13 Å². The lowest BCUT2D eigenvalue weighted by atomic mass is 10.1. The van der Waals surface area contributed by atoms with Crippen molar-refractivity contribution in [1.82, 2.24) is 14.3 Å². The summed E-state index contributed by atoms with van der Waals surface area (Å²) in [7, 11) is 0. The van der Waals surface area contributed by atoms with Crippen molar-refractivity contribution in [3.05, 3.63) is 53.5 Å². The fraction of sp³-hybridized carbons (Fsp3) is 0.333. The molecule has 8 nitrogen and oxygen atoms in total. The number of benzene rings is 1. The summed E-state index contributed by atoms with van der Waals surface area (Å²) in [6.45, 7) is 5.48. The highest BCUT2D eigenvalue weighted by Gasteiger charge is 2.20. The molecule has 0 spiro atoms. The van der Waals surface area contributed by atoms with Gasteiger partial charge >= 0.3 is 0 Å². The molecular weight excluding hydrogens is 402 g/mol. The zero-order valence-electron chi connectivity index (χ0n) is 16.5. The van der Waals surface area contributed by atoms with Gasteiger partial charge in [-0.2, -0.15) is 9.64 Å². The average Bonchev–Trinajstić information content (AvgIpc) is 3.44. The Morgan fingerprint density at radius 3 is 3.00 bits per heavy atom. The van der Waals surface area contributed by atoms with Gasteiger partial charge < -0.3 is 9.15 Å². The third kappa shape index (κ3) is 4.74. The van der Waals surface area contributed by atoms with Gasteiger partial charge in [-0.3, -0.25) is 15.0 Å². The molecule has 0 bridgehead atoms. The van der Waals surface area contributed by atoms with Crippen LogP contribution in [0.2, 0.25) is 0 Å². The Balaban J connectivity index is 1.37. The molecule has 154 valence electrons. The molecule has 1 aliphatic heterocycles. The number of carbonyl (C=O) groups is 1. The monoisotopic (exact) mass is 423 g/mol. The first-order valence-electron chi connectivity index (χ1n) is 9.67. The molecule has 9 heteroatoms. The molecule has 1 aliphatic rings. The Hall–Kier alpha value is -3.06. The molecule has 0 saturated carbocycles. The first-order chi connectivity index (χ1) is 14.6. The van der Waals surface area contributed by atoms with Gasteiger partial charge in [-0.1, -0.05) is 12.1 Å². The summed E-state index contributed by atoms with van der Waals surface area (Å²) in [6.07, 6.45) is 2.11. The number of ether oxygens (including phenoxy) is 1. The predicted molar refractivity (Wildman–Crippen MR) is 112 cm³/mol. The minimum absolute atomic E-state index is 0.313. The van der Waals surface area contributed by atoms with Crippen molar-refractivity contribution in [3.8, 4) is 17.4 Å². The molecule has 1 unspecified atom stereocenters. The first-order valence-corrected chi connectivity index (χ1v) is 10.4. The summed E-state index contributed by atoms with van der Waals surface area (Å²) in [4.78, 5) is 19.4. The van der Waals surface area contributed by atoms with Crippen LogP contribution < -0.4 is 5.32 Å². The van der Waals surface area contributed by atoms with Gasteiger partial charge in [0.15, 0.2) is 0 Å². The number of nitrogens with zero attached hydrogens (tertiary/aromatic N) is 4. The van der Waals surface area contributed by atoms with Crippen LogP contribution >= 0.6 is 11.5 Å². The van der Waals surface area contributed by atoms with Crippen LogP contribution in [0.3, 0.4) is 0 Å². The number of morpholine rings is 1. The summed E-state index contributed by atoms with van der Waals surface area (Å²) in [5.74, 6) is 0.926. The molecule has 1 amide bonds. The molecule has 1 atom stereocenters. The van der Waals surface area contributed by atoms with Crippen molar-refractivity contribution in [2.45, 2.75) is 19.4 Å². The standard InChI is InChI=1S/C21H21N5O3S/c1-14(26-5-7-28-8-6-26)9-19-23-21(30-25-19)24-20(27)17-11-18(29-13-17)16-4-2-3-15(10-16)12-22/h2-4,10-11,13-14H,5-9H2,1H3,(H,23,24,25,27). The van der Waals surface area contributed by atoms with Gasteiger partial charge in [-0.15, -0.1) is 0 Å². The molecular formula is C21H21N5O3S. The lowest BCUT2D eigenvalue weighted by molar-refractivity contribution is 0.0200. The smallest absolute Gasteiger partial charge is 0.260 e. The van der Waals surface area contributed by atoms with E-state index < -0.39 is 0 Å². The van der Waals surface area contributed by atoms with Crippen molar-refractivity contribution in [2.75, 3.05) is 31.6 Å². The zero-order chi connectivity index (χ0) is 20.9. The Labute approximate surface area is 178 Å². The van der Waals surface area contributed by atoms with Gasteiger partial charge in [0.25, 0.3) is 5.91 Å². The molecule has 1 saturated heterocycles. The minimum Gasteiger partial charge on any atom is -0.464 e. The fourth-order valence-corrected chi connectivity index (χ4v) is 3.91. The quantitative estimate of drug-likeness (QED) is 0.649. The van der Waals surface area contributed by atoms with Crippen LogP contribution in [0, 0.1) is 11.3 Å². The van der Waals surface area contributed by atoms with E-state index in [1.807, 2.05) is 6.07 Å². The van der Waals surface area contributed by atoms with Gasteiger partial charge in [0.05, 0.1) is 30.4 Å². The predicted octanol–water partition coefficient (Wildman–Crippen LogP) is 3.19. The number of aromatic nitrogens is 2. The van der Waals surface area contributed by atoms with E-state index in [0.29, 0.717) is 28.1 Å². The number of furan rings is 1. The van der Waals surface area contributed by atoms with Crippen LogP contribution in [0.15, 0.2) is 41.0 Å². The molecule has 0 aliphatic carbocycles. The van der Waals surface area contributed by atoms with E-state index in [1.165, 1.54) is 17.8 Å². The second-order valence-corrected chi connectivity index (χ2v) is 7.82. The Kier molecular flexibility index (Phi) is 6.18. The van der Waals surface area contributed by atoms with Crippen LogP contribution in [-0.4, -0.2) is 52.5 Å². The summed E-state index contributed by atoms with van der Waals surface area (Å²) in [5.41, 5.74) is 1.65. The number of carbonyl (C=O) groups excluding carboxylic acids is 1. The number of amides is 1. The van der Waals surface area contributed by atoms with E-state index in [-0.39, 0.29) is 5.91 Å². The summed E-state index contributed by atoms with van der Waals surface area (Å²) in [6, 6.07) is 11.1. The maximum absolute atomic E-state index is 12.6. The van der Waals surface area contributed by atoms with Gasteiger partial charge in [0.1, 0.15) is 17.8 Å². The second-order valence-electron chi connectivity index (χ2n) is 7.06. The van der Waals surface area contributed by atoms with E-state index in [1.54, 1.807) is 24.3 Å². The van der Waals surface area contributed by atoms with Crippen molar-refractivity contribution in [3.63, 3.8) is 0 Å². The third-order valence-electron chi connectivity index (χ3n) is 4.97. The van der Waals surface area contributed by atoms with Gasteiger partial charge in [0, 0.05) is 42.6 Å². The summed E-state index contributed by atoms with van der Waals surface area (Å²) < 4.78 is 15.3. The number of hydrogen-bond donors (Lipinski definition) is 1. The lowest BCUT2D eigenvalue weighted by Crippen LogP contribution is -2.43. The van der Waals surface area contributed by atoms with Crippen LogP contribution in [0.1, 0.15) is 28.7 Å². The maximum atomic E-state index is 12.6. The Bertz CT molecular complexity index is 1060. The van der Waals surface area contributed by atoms with Crippen molar-refractivity contribution < 1.29 is 13.9 Å². The van der Waals surface area contributed by atoms with Gasteiger partial charge in [-0.05, 0) is 25.1 Å². The van der Waals surface area contributed by atoms with E-state index >= 15 is 0 Å². The highest BCUT2D eigenvalue weighted by Crippen LogP contribution is 2.24. The Morgan fingerprint density at radius 1 is 1.37 bits per heavy atom. The molecule has 2 aromatic heterocycles. The van der Waals surface area contributed by atoms with Crippen LogP contribution in [-0.2, 0) is 11.2 Å².